The van der Waals surface area contributed by atoms with E-state index in [0.29, 0.717) is 0 Å². The van der Waals surface area contributed by atoms with Gasteiger partial charge in [0.15, 0.2) is 6.17 Å². The number of carbonyl (C=O) groups is 1. The number of carboxylic acids is 1. The summed E-state index contributed by atoms with van der Waals surface area (Å²) >= 11 is 0. The lowest BCUT2D eigenvalue weighted by Gasteiger charge is -2.29. The molecule has 0 heterocycles. The summed E-state index contributed by atoms with van der Waals surface area (Å²) in [6.07, 6.45) is -12.6. The molecule has 0 saturated heterocycles. The van der Waals surface area contributed by atoms with E-state index < -0.39 is 42.2 Å². The molecule has 0 aromatic carbocycles. The van der Waals surface area contributed by atoms with Crippen LogP contribution >= 0.6 is 0 Å². The Morgan fingerprint density at radius 3 is 1.78 bits per heavy atom. The third-order valence-corrected chi connectivity index (χ3v) is 1.86. The molecule has 2 nitrogen and oxygen atoms in total. The van der Waals surface area contributed by atoms with Gasteiger partial charge in [-0.05, 0) is 0 Å². The van der Waals surface area contributed by atoms with Crippen molar-refractivity contribution in [1.82, 2.24) is 0 Å². The summed E-state index contributed by atoms with van der Waals surface area (Å²) in [5.41, 5.74) is -2.39. The van der Waals surface area contributed by atoms with Gasteiger partial charge >= 0.3 is 24.0 Å². The molecule has 10 heteroatoms. The highest BCUT2D eigenvalue weighted by Gasteiger charge is 2.66. The van der Waals surface area contributed by atoms with Crippen molar-refractivity contribution in [3.05, 3.63) is 12.2 Å². The predicted molar refractivity (Wildman–Crippen MR) is 42.2 cm³/mol. The van der Waals surface area contributed by atoms with Crippen LogP contribution in [0.5, 0.6) is 0 Å². The van der Waals surface area contributed by atoms with E-state index in [2.05, 4.69) is 6.58 Å². The highest BCUT2D eigenvalue weighted by Crippen LogP contribution is 2.45. The topological polar surface area (TPSA) is 37.3 Å². The Bertz CT molecular complexity index is 345. The average Bonchev–Trinajstić information content (AvgIpc) is 2.13. The van der Waals surface area contributed by atoms with Crippen LogP contribution in [0.4, 0.5) is 35.1 Å². The van der Waals surface area contributed by atoms with E-state index in [-0.39, 0.29) is 0 Å². The number of rotatable bonds is 5. The smallest absolute Gasteiger partial charge is 0.392 e. The van der Waals surface area contributed by atoms with E-state index in [4.69, 9.17) is 5.11 Å². The molecule has 1 atom stereocenters. The predicted octanol–water partition coefficient (Wildman–Crippen LogP) is 3.19. The van der Waals surface area contributed by atoms with Gasteiger partial charge in [0.25, 0.3) is 0 Å². The minimum Gasteiger partial charge on any atom is -0.478 e. The molecule has 0 aliphatic rings. The SMILES string of the molecule is C=C(C(=O)O)C(F)(F)C(F)(F)C(F)CC(F)(F)F. The van der Waals surface area contributed by atoms with Crippen LogP contribution < -0.4 is 0 Å². The van der Waals surface area contributed by atoms with Crippen molar-refractivity contribution in [3.63, 3.8) is 0 Å². The average molecular weight is 286 g/mol. The first-order valence-electron chi connectivity index (χ1n) is 4.12. The van der Waals surface area contributed by atoms with Gasteiger partial charge in [-0.3, -0.25) is 0 Å². The van der Waals surface area contributed by atoms with Gasteiger partial charge in [-0.25, -0.2) is 9.18 Å². The summed E-state index contributed by atoms with van der Waals surface area (Å²) in [6.45, 7) is 2.09. The molecule has 0 amide bonds. The molecule has 0 aromatic heterocycles. The number of carboxylic acid groups (broad SMARTS) is 1. The van der Waals surface area contributed by atoms with Crippen LogP contribution in [-0.4, -0.2) is 35.3 Å². The molecule has 0 spiro atoms. The third-order valence-electron chi connectivity index (χ3n) is 1.86. The fourth-order valence-corrected chi connectivity index (χ4v) is 0.864. The number of alkyl halides is 8. The maximum atomic E-state index is 12.8. The molecule has 1 N–H and O–H groups in total. The summed E-state index contributed by atoms with van der Waals surface area (Å²) < 4.78 is 98.7. The van der Waals surface area contributed by atoms with Gasteiger partial charge in [-0.2, -0.15) is 30.7 Å². The van der Waals surface area contributed by atoms with Crippen molar-refractivity contribution in [2.24, 2.45) is 0 Å². The highest BCUT2D eigenvalue weighted by atomic mass is 19.4. The van der Waals surface area contributed by atoms with Crippen LogP contribution in [0.3, 0.4) is 0 Å². The first kappa shape index (κ1) is 16.6. The van der Waals surface area contributed by atoms with Crippen LogP contribution in [0, 0.1) is 0 Å². The van der Waals surface area contributed by atoms with E-state index in [1.807, 2.05) is 0 Å². The Kier molecular flexibility index (Phi) is 4.37. The maximum absolute atomic E-state index is 12.8. The third kappa shape index (κ3) is 3.33. The van der Waals surface area contributed by atoms with Crippen molar-refractivity contribution in [1.29, 1.82) is 0 Å². The fourth-order valence-electron chi connectivity index (χ4n) is 0.864. The lowest BCUT2D eigenvalue weighted by molar-refractivity contribution is -0.243. The lowest BCUT2D eigenvalue weighted by Crippen LogP contribution is -2.51. The van der Waals surface area contributed by atoms with Crippen LogP contribution in [0.25, 0.3) is 0 Å². The van der Waals surface area contributed by atoms with Gasteiger partial charge in [0.05, 0.1) is 6.42 Å². The quantitative estimate of drug-likeness (QED) is 0.622. The zero-order valence-electron chi connectivity index (χ0n) is 8.37. The Morgan fingerprint density at radius 2 is 1.50 bits per heavy atom. The van der Waals surface area contributed by atoms with Crippen LogP contribution in [0.15, 0.2) is 12.2 Å². The van der Waals surface area contributed by atoms with Crippen LogP contribution in [0.2, 0.25) is 0 Å². The van der Waals surface area contributed by atoms with Crippen molar-refractivity contribution >= 4 is 5.97 Å². The van der Waals surface area contributed by atoms with E-state index >= 15 is 0 Å². The molecule has 0 aliphatic heterocycles. The maximum Gasteiger partial charge on any atom is 0.392 e. The molecule has 0 aromatic rings. The summed E-state index contributed by atoms with van der Waals surface area (Å²) in [6, 6.07) is 0. The Labute approximate surface area is 94.9 Å². The standard InChI is InChI=1S/C8H6F8O2/c1-3(5(17)18)7(13,14)8(15,16)4(9)2-6(10,11)12/h4H,1-2H2,(H,17,18). The number of aliphatic carboxylic acids is 1. The molecular formula is C8H6F8O2. The Morgan fingerprint density at radius 1 is 1.11 bits per heavy atom. The van der Waals surface area contributed by atoms with Crippen molar-refractivity contribution in [2.75, 3.05) is 0 Å². The highest BCUT2D eigenvalue weighted by molar-refractivity contribution is 5.88. The zero-order valence-corrected chi connectivity index (χ0v) is 8.37. The molecule has 0 fully saturated rings. The molecule has 1 unspecified atom stereocenters. The van der Waals surface area contributed by atoms with Crippen molar-refractivity contribution in [2.45, 2.75) is 30.6 Å². The Balaban J connectivity index is 5.24. The molecule has 106 valence electrons. The summed E-state index contributed by atoms with van der Waals surface area (Å²) in [7, 11) is 0. The second kappa shape index (κ2) is 4.73. The van der Waals surface area contributed by atoms with Gasteiger partial charge in [-0.15, -0.1) is 0 Å². The van der Waals surface area contributed by atoms with Gasteiger partial charge in [0, 0.05) is 0 Å². The van der Waals surface area contributed by atoms with E-state index in [9.17, 15) is 39.9 Å². The number of hydrogen-bond acceptors (Lipinski definition) is 1. The first-order chi connectivity index (χ1) is 7.73. The van der Waals surface area contributed by atoms with Gasteiger partial charge in [0.2, 0.25) is 0 Å². The molecular weight excluding hydrogens is 280 g/mol. The van der Waals surface area contributed by atoms with Crippen LogP contribution in [0.1, 0.15) is 6.42 Å². The van der Waals surface area contributed by atoms with E-state index in [1.54, 1.807) is 0 Å². The monoisotopic (exact) mass is 286 g/mol. The minimum absolute atomic E-state index is 2.09. The molecule has 0 bridgehead atoms. The minimum atomic E-state index is -5.84. The van der Waals surface area contributed by atoms with Gasteiger partial charge in [0.1, 0.15) is 5.57 Å². The van der Waals surface area contributed by atoms with Gasteiger partial charge < -0.3 is 5.11 Å². The zero-order chi connectivity index (χ0) is 14.9. The summed E-state index contributed by atoms with van der Waals surface area (Å²) in [5.74, 6) is -14.0. The fraction of sp³-hybridized carbons (Fsp3) is 0.625. The van der Waals surface area contributed by atoms with Crippen LogP contribution in [-0.2, 0) is 4.79 Å². The largest absolute Gasteiger partial charge is 0.478 e. The molecule has 0 aliphatic carbocycles. The number of halogens is 8. The second-order valence-corrected chi connectivity index (χ2v) is 3.27. The summed E-state index contributed by atoms with van der Waals surface area (Å²) in [4.78, 5) is 10.0. The lowest BCUT2D eigenvalue weighted by atomic mass is 9.98. The summed E-state index contributed by atoms with van der Waals surface area (Å²) in [5, 5.41) is 8.04. The van der Waals surface area contributed by atoms with Gasteiger partial charge in [-0.1, -0.05) is 6.58 Å². The van der Waals surface area contributed by atoms with Crippen molar-refractivity contribution < 1.29 is 45.0 Å². The van der Waals surface area contributed by atoms with Crippen molar-refractivity contribution in [3.8, 4) is 0 Å². The Hall–Kier alpha value is -1.35. The second-order valence-electron chi connectivity index (χ2n) is 3.27. The normalized spacial score (nSPS) is 15.3. The molecule has 0 saturated carbocycles. The first-order valence-corrected chi connectivity index (χ1v) is 4.12. The number of hydrogen-bond donors (Lipinski definition) is 1. The van der Waals surface area contributed by atoms with E-state index in [0.717, 1.165) is 0 Å². The molecule has 0 radical (unpaired) electrons. The molecule has 18 heavy (non-hydrogen) atoms. The van der Waals surface area contributed by atoms with E-state index in [1.165, 1.54) is 0 Å². The molecule has 0 rings (SSSR count).